The van der Waals surface area contributed by atoms with Gasteiger partial charge in [-0.25, -0.2) is 0 Å². The Labute approximate surface area is 106 Å². The molecule has 0 aliphatic rings. The molecule has 0 aliphatic heterocycles. The zero-order chi connectivity index (χ0) is 12.2. The molecule has 3 aromatic rings. The second kappa shape index (κ2) is 3.58. The maximum absolute atomic E-state index is 2.31. The van der Waals surface area contributed by atoms with E-state index in [0.717, 1.165) is 0 Å². The average Bonchev–Trinajstić information content (AvgIpc) is 2.62. The third-order valence-electron chi connectivity index (χ3n) is 3.60. The van der Waals surface area contributed by atoms with Gasteiger partial charge in [0.25, 0.3) is 0 Å². The van der Waals surface area contributed by atoms with Gasteiger partial charge in [-0.05, 0) is 56.0 Å². The van der Waals surface area contributed by atoms with Crippen LogP contribution in [0.2, 0.25) is 0 Å². The van der Waals surface area contributed by atoms with Gasteiger partial charge in [0.15, 0.2) is 0 Å². The quantitative estimate of drug-likeness (QED) is 0.501. The fourth-order valence-electron chi connectivity index (χ4n) is 2.58. The summed E-state index contributed by atoms with van der Waals surface area (Å²) in [5.74, 6) is 0. The first kappa shape index (κ1) is 10.8. The topological polar surface area (TPSA) is 0 Å². The number of fused-ring (bicyclic) bond motifs is 3. The van der Waals surface area contributed by atoms with Gasteiger partial charge >= 0.3 is 0 Å². The normalized spacial score (nSPS) is 11.5. The Morgan fingerprint density at radius 2 is 1.65 bits per heavy atom. The zero-order valence-corrected chi connectivity index (χ0v) is 11.5. The summed E-state index contributed by atoms with van der Waals surface area (Å²) in [6, 6.07) is 9.10. The molecule has 2 aromatic carbocycles. The standard InChI is InChI=1S/C16H16S/c1-9-7-11(3)15-13-6-5-10(2)12(4)16(13)17-14(15)8-9/h5-8H,1-4H3. The summed E-state index contributed by atoms with van der Waals surface area (Å²) in [6.07, 6.45) is 0. The van der Waals surface area contributed by atoms with E-state index in [1.807, 2.05) is 11.3 Å². The van der Waals surface area contributed by atoms with Crippen molar-refractivity contribution < 1.29 is 0 Å². The average molecular weight is 240 g/mol. The molecular formula is C16H16S. The molecule has 0 amide bonds. The van der Waals surface area contributed by atoms with Gasteiger partial charge in [-0.15, -0.1) is 11.3 Å². The van der Waals surface area contributed by atoms with Crippen LogP contribution in [0.15, 0.2) is 24.3 Å². The molecular weight excluding hydrogens is 224 g/mol. The van der Waals surface area contributed by atoms with Gasteiger partial charge in [0.05, 0.1) is 0 Å². The van der Waals surface area contributed by atoms with E-state index in [9.17, 15) is 0 Å². The minimum Gasteiger partial charge on any atom is -0.135 e. The lowest BCUT2D eigenvalue weighted by Crippen LogP contribution is -1.80. The van der Waals surface area contributed by atoms with Crippen molar-refractivity contribution in [3.63, 3.8) is 0 Å². The number of thiophene rings is 1. The van der Waals surface area contributed by atoms with Gasteiger partial charge in [0.1, 0.15) is 0 Å². The summed E-state index contributed by atoms with van der Waals surface area (Å²) in [5.41, 5.74) is 5.57. The van der Waals surface area contributed by atoms with Crippen LogP contribution in [0, 0.1) is 27.7 Å². The predicted octanol–water partition coefficient (Wildman–Crippen LogP) is 5.29. The van der Waals surface area contributed by atoms with E-state index >= 15 is 0 Å². The Morgan fingerprint density at radius 3 is 2.41 bits per heavy atom. The minimum atomic E-state index is 1.36. The van der Waals surface area contributed by atoms with Crippen LogP contribution in [0.5, 0.6) is 0 Å². The summed E-state index contributed by atoms with van der Waals surface area (Å²) in [4.78, 5) is 0. The van der Waals surface area contributed by atoms with E-state index in [0.29, 0.717) is 0 Å². The van der Waals surface area contributed by atoms with Crippen LogP contribution in [0.1, 0.15) is 22.3 Å². The Balaban J connectivity index is 2.59. The number of aryl methyl sites for hydroxylation is 4. The van der Waals surface area contributed by atoms with Gasteiger partial charge in [-0.1, -0.05) is 18.2 Å². The summed E-state index contributed by atoms with van der Waals surface area (Å²) in [6.45, 7) is 8.82. The lowest BCUT2D eigenvalue weighted by atomic mass is 10.0. The Kier molecular flexibility index (Phi) is 2.27. The van der Waals surface area contributed by atoms with Crippen molar-refractivity contribution in [3.05, 3.63) is 46.5 Å². The molecule has 0 N–H and O–H groups in total. The molecule has 0 fully saturated rings. The zero-order valence-electron chi connectivity index (χ0n) is 10.7. The van der Waals surface area contributed by atoms with E-state index < -0.39 is 0 Å². The van der Waals surface area contributed by atoms with Crippen molar-refractivity contribution in [1.82, 2.24) is 0 Å². The molecule has 0 spiro atoms. The molecule has 86 valence electrons. The Hall–Kier alpha value is -1.34. The maximum Gasteiger partial charge on any atom is 0.0387 e. The number of hydrogen-bond donors (Lipinski definition) is 0. The Bertz CT molecular complexity index is 732. The van der Waals surface area contributed by atoms with Crippen molar-refractivity contribution in [3.8, 4) is 0 Å². The van der Waals surface area contributed by atoms with E-state index in [2.05, 4.69) is 52.0 Å². The van der Waals surface area contributed by atoms with Crippen molar-refractivity contribution >= 4 is 31.5 Å². The summed E-state index contributed by atoms with van der Waals surface area (Å²) in [7, 11) is 0. The first-order valence-corrected chi connectivity index (χ1v) is 6.79. The predicted molar refractivity (Wildman–Crippen MR) is 78.3 cm³/mol. The van der Waals surface area contributed by atoms with Crippen molar-refractivity contribution in [2.75, 3.05) is 0 Å². The monoisotopic (exact) mass is 240 g/mol. The minimum absolute atomic E-state index is 1.36. The molecule has 0 nitrogen and oxygen atoms in total. The smallest absolute Gasteiger partial charge is 0.0387 e. The van der Waals surface area contributed by atoms with Crippen molar-refractivity contribution in [2.45, 2.75) is 27.7 Å². The molecule has 0 atom stereocenters. The van der Waals surface area contributed by atoms with Gasteiger partial charge in [-0.3, -0.25) is 0 Å². The molecule has 3 rings (SSSR count). The summed E-state index contributed by atoms with van der Waals surface area (Å²) >= 11 is 1.93. The third-order valence-corrected chi connectivity index (χ3v) is 4.87. The first-order valence-electron chi connectivity index (χ1n) is 5.97. The first-order chi connectivity index (χ1) is 8.08. The molecule has 1 heterocycles. The largest absolute Gasteiger partial charge is 0.135 e. The second-order valence-electron chi connectivity index (χ2n) is 4.94. The SMILES string of the molecule is Cc1cc(C)c2c(c1)sc1c(C)c(C)ccc12. The van der Waals surface area contributed by atoms with Crippen LogP contribution >= 0.6 is 11.3 Å². The van der Waals surface area contributed by atoms with Crippen LogP contribution in [0.4, 0.5) is 0 Å². The van der Waals surface area contributed by atoms with Crippen LogP contribution in [-0.2, 0) is 0 Å². The molecule has 1 heteroatoms. The summed E-state index contributed by atoms with van der Waals surface area (Å²) in [5, 5.41) is 2.87. The third kappa shape index (κ3) is 1.49. The van der Waals surface area contributed by atoms with Crippen LogP contribution < -0.4 is 0 Å². The molecule has 0 saturated heterocycles. The Morgan fingerprint density at radius 1 is 0.882 bits per heavy atom. The van der Waals surface area contributed by atoms with Gasteiger partial charge in [0, 0.05) is 20.2 Å². The van der Waals surface area contributed by atoms with E-state index in [-0.39, 0.29) is 0 Å². The lowest BCUT2D eigenvalue weighted by Gasteiger charge is -2.02. The van der Waals surface area contributed by atoms with Gasteiger partial charge < -0.3 is 0 Å². The highest BCUT2D eigenvalue weighted by Gasteiger charge is 2.10. The van der Waals surface area contributed by atoms with Crippen LogP contribution in [0.3, 0.4) is 0 Å². The van der Waals surface area contributed by atoms with Crippen LogP contribution in [-0.4, -0.2) is 0 Å². The molecule has 0 saturated carbocycles. The summed E-state index contributed by atoms with van der Waals surface area (Å²) < 4.78 is 2.87. The highest BCUT2D eigenvalue weighted by Crippen LogP contribution is 2.38. The molecule has 0 aliphatic carbocycles. The number of hydrogen-bond acceptors (Lipinski definition) is 1. The van der Waals surface area contributed by atoms with Gasteiger partial charge in [0.2, 0.25) is 0 Å². The van der Waals surface area contributed by atoms with Crippen LogP contribution in [0.25, 0.3) is 20.2 Å². The highest BCUT2D eigenvalue weighted by atomic mass is 32.1. The lowest BCUT2D eigenvalue weighted by molar-refractivity contribution is 1.39. The molecule has 1 aromatic heterocycles. The molecule has 0 bridgehead atoms. The molecule has 0 unspecified atom stereocenters. The van der Waals surface area contributed by atoms with Gasteiger partial charge in [-0.2, -0.15) is 0 Å². The van der Waals surface area contributed by atoms with E-state index in [4.69, 9.17) is 0 Å². The van der Waals surface area contributed by atoms with Crippen molar-refractivity contribution in [1.29, 1.82) is 0 Å². The molecule has 17 heavy (non-hydrogen) atoms. The fraction of sp³-hybridized carbons (Fsp3) is 0.250. The second-order valence-corrected chi connectivity index (χ2v) is 5.99. The highest BCUT2D eigenvalue weighted by molar-refractivity contribution is 7.26. The molecule has 0 radical (unpaired) electrons. The van der Waals surface area contributed by atoms with E-state index in [1.54, 1.807) is 0 Å². The number of rotatable bonds is 0. The fourth-order valence-corrected chi connectivity index (χ4v) is 4.01. The maximum atomic E-state index is 2.31. The van der Waals surface area contributed by atoms with Crippen molar-refractivity contribution in [2.24, 2.45) is 0 Å². The van der Waals surface area contributed by atoms with E-state index in [1.165, 1.54) is 42.4 Å². The number of benzene rings is 2.